The van der Waals surface area contributed by atoms with Crippen molar-refractivity contribution < 1.29 is 18.5 Å². The van der Waals surface area contributed by atoms with Crippen LogP contribution in [0.2, 0.25) is 0 Å². The molecule has 3 unspecified atom stereocenters. The van der Waals surface area contributed by atoms with Gasteiger partial charge >= 0.3 is 7.82 Å². The third kappa shape index (κ3) is 2.58. The molecule has 0 spiro atoms. The molecule has 0 radical (unpaired) electrons. The van der Waals surface area contributed by atoms with Crippen LogP contribution in [0.25, 0.3) is 5.57 Å². The molecule has 1 heterocycles. The Morgan fingerprint density at radius 1 is 1.04 bits per heavy atom. The third-order valence-electron chi connectivity index (χ3n) is 6.14. The van der Waals surface area contributed by atoms with Gasteiger partial charge < -0.3 is 9.05 Å². The van der Waals surface area contributed by atoms with Crippen molar-refractivity contribution in [2.75, 3.05) is 0 Å². The van der Waals surface area contributed by atoms with Gasteiger partial charge in [-0.25, -0.2) is 4.57 Å². The van der Waals surface area contributed by atoms with Crippen molar-refractivity contribution in [2.45, 2.75) is 51.4 Å². The summed E-state index contributed by atoms with van der Waals surface area (Å²) in [5, 5.41) is 0. The maximum atomic E-state index is 12.4. The number of phosphoric ester groups is 1. The van der Waals surface area contributed by atoms with Gasteiger partial charge in [0, 0.05) is 11.1 Å². The van der Waals surface area contributed by atoms with Crippen LogP contribution in [-0.2, 0) is 21.9 Å². The quantitative estimate of drug-likeness (QED) is 0.651. The van der Waals surface area contributed by atoms with E-state index in [1.54, 1.807) is 0 Å². The summed E-state index contributed by atoms with van der Waals surface area (Å²) in [6.07, 6.45) is 13.3. The summed E-state index contributed by atoms with van der Waals surface area (Å²) in [5.74, 6) is 1.94. The first-order valence-electron chi connectivity index (χ1n) is 9.42. The fourth-order valence-electron chi connectivity index (χ4n) is 5.07. The molecule has 5 heteroatoms. The molecule has 25 heavy (non-hydrogen) atoms. The van der Waals surface area contributed by atoms with Gasteiger partial charge in [-0.2, -0.15) is 0 Å². The van der Waals surface area contributed by atoms with E-state index >= 15 is 0 Å². The lowest BCUT2D eigenvalue weighted by molar-refractivity contribution is 0.254. The van der Waals surface area contributed by atoms with E-state index in [9.17, 15) is 9.46 Å². The van der Waals surface area contributed by atoms with Crippen LogP contribution in [0.1, 0.15) is 55.2 Å². The molecule has 0 amide bonds. The molecule has 1 saturated carbocycles. The molecule has 1 fully saturated rings. The maximum Gasteiger partial charge on any atom is 0.584 e. The largest absolute Gasteiger partial charge is 0.584 e. The van der Waals surface area contributed by atoms with E-state index in [4.69, 9.17) is 9.05 Å². The normalized spacial score (nSPS) is 33.2. The molecule has 1 N–H and O–H groups in total. The zero-order valence-corrected chi connectivity index (χ0v) is 15.1. The molecule has 0 saturated heterocycles. The Bertz CT molecular complexity index is 838. The fraction of sp³-hybridized carbons (Fsp3) is 0.500. The van der Waals surface area contributed by atoms with Crippen LogP contribution in [0.15, 0.2) is 30.0 Å². The predicted molar refractivity (Wildman–Crippen MR) is 96.1 cm³/mol. The number of fused-ring (bicyclic) bond motifs is 6. The highest BCUT2D eigenvalue weighted by molar-refractivity contribution is 7.48. The Kier molecular flexibility index (Phi) is 3.62. The summed E-state index contributed by atoms with van der Waals surface area (Å²) in [6, 6.07) is 3.94. The van der Waals surface area contributed by atoms with Crippen molar-refractivity contribution in [3.63, 3.8) is 0 Å². The number of benzene rings is 1. The highest BCUT2D eigenvalue weighted by Gasteiger charge is 2.41. The van der Waals surface area contributed by atoms with E-state index in [0.29, 0.717) is 23.3 Å². The topological polar surface area (TPSA) is 55.8 Å². The molecule has 0 bridgehead atoms. The SMILES string of the molecule is O=P1(O)OC2=C(c3c(ccc4c3CCCC4)O1)C1CCCCC1C=C2. The van der Waals surface area contributed by atoms with Crippen molar-refractivity contribution in [1.29, 1.82) is 0 Å². The minimum atomic E-state index is -4.14. The lowest BCUT2D eigenvalue weighted by Gasteiger charge is -2.35. The van der Waals surface area contributed by atoms with E-state index in [-0.39, 0.29) is 0 Å². The molecule has 132 valence electrons. The molecular formula is C20H23O4P. The Hall–Kier alpha value is -1.51. The molecule has 3 atom stereocenters. The van der Waals surface area contributed by atoms with Crippen LogP contribution in [0.3, 0.4) is 0 Å². The summed E-state index contributed by atoms with van der Waals surface area (Å²) in [6.45, 7) is 0. The molecule has 1 aliphatic heterocycles. The molecule has 1 aromatic rings. The third-order valence-corrected chi connectivity index (χ3v) is 7.00. The molecular weight excluding hydrogens is 335 g/mol. The number of phosphoric acid groups is 1. The first-order chi connectivity index (χ1) is 12.1. The van der Waals surface area contributed by atoms with E-state index in [0.717, 1.165) is 36.8 Å². The molecule has 1 aromatic carbocycles. The summed E-state index contributed by atoms with van der Waals surface area (Å²) in [5.41, 5.74) is 4.84. The first kappa shape index (κ1) is 15.7. The lowest BCUT2D eigenvalue weighted by atomic mass is 9.69. The molecule has 0 aromatic heterocycles. The monoisotopic (exact) mass is 358 g/mol. The second-order valence-corrected chi connectivity index (χ2v) is 8.93. The highest BCUT2D eigenvalue weighted by Crippen LogP contribution is 2.58. The van der Waals surface area contributed by atoms with Gasteiger partial charge in [-0.15, -0.1) is 0 Å². The van der Waals surface area contributed by atoms with Crippen LogP contribution in [0, 0.1) is 11.8 Å². The number of allylic oxidation sites excluding steroid dienone is 3. The Morgan fingerprint density at radius 2 is 1.88 bits per heavy atom. The molecule has 4 nitrogen and oxygen atoms in total. The first-order valence-corrected chi connectivity index (χ1v) is 10.9. The summed E-state index contributed by atoms with van der Waals surface area (Å²) in [7, 11) is -4.14. The van der Waals surface area contributed by atoms with Crippen molar-refractivity contribution in [1.82, 2.24) is 0 Å². The van der Waals surface area contributed by atoms with Crippen LogP contribution in [0.4, 0.5) is 0 Å². The number of hydrogen-bond donors (Lipinski definition) is 1. The predicted octanol–water partition coefficient (Wildman–Crippen LogP) is 5.16. The Morgan fingerprint density at radius 3 is 2.80 bits per heavy atom. The van der Waals surface area contributed by atoms with Crippen molar-refractivity contribution in [2.24, 2.45) is 11.8 Å². The van der Waals surface area contributed by atoms with Crippen LogP contribution in [-0.4, -0.2) is 4.89 Å². The van der Waals surface area contributed by atoms with E-state index in [1.165, 1.54) is 36.8 Å². The van der Waals surface area contributed by atoms with E-state index in [2.05, 4.69) is 12.1 Å². The van der Waals surface area contributed by atoms with Crippen molar-refractivity contribution >= 4 is 13.4 Å². The Balaban J connectivity index is 1.77. The van der Waals surface area contributed by atoms with Gasteiger partial charge in [-0.05, 0) is 73.6 Å². The van der Waals surface area contributed by atoms with Gasteiger partial charge in [-0.3, -0.25) is 4.89 Å². The average Bonchev–Trinajstić information content (AvgIpc) is 2.73. The molecule has 3 aliphatic carbocycles. The fourth-order valence-corrected chi connectivity index (χ4v) is 5.91. The minimum absolute atomic E-state index is 0.364. The van der Waals surface area contributed by atoms with Gasteiger partial charge in [-0.1, -0.05) is 25.0 Å². The molecule has 4 aliphatic rings. The zero-order valence-electron chi connectivity index (χ0n) is 14.2. The van der Waals surface area contributed by atoms with Gasteiger partial charge in [0.1, 0.15) is 11.5 Å². The average molecular weight is 358 g/mol. The van der Waals surface area contributed by atoms with Gasteiger partial charge in [0.15, 0.2) is 0 Å². The van der Waals surface area contributed by atoms with E-state index in [1.807, 2.05) is 12.1 Å². The molecule has 5 rings (SSSR count). The number of rotatable bonds is 0. The van der Waals surface area contributed by atoms with Crippen LogP contribution >= 0.6 is 7.82 Å². The number of hydrogen-bond acceptors (Lipinski definition) is 3. The second kappa shape index (κ2) is 5.75. The van der Waals surface area contributed by atoms with Crippen molar-refractivity contribution in [3.8, 4) is 5.75 Å². The summed E-state index contributed by atoms with van der Waals surface area (Å²) in [4.78, 5) is 10.2. The second-order valence-electron chi connectivity index (χ2n) is 7.63. The highest BCUT2D eigenvalue weighted by atomic mass is 31.2. The zero-order chi connectivity index (χ0) is 17.0. The minimum Gasteiger partial charge on any atom is -0.395 e. The standard InChI is InChI=1S/C20H23O4P/c21-25(22)23-17-11-9-13-5-1-3-7-15(13)19(17)20-16-8-4-2-6-14(16)10-12-18(20)24-25/h9-13,15H,1-8H2,(H,21,22). The van der Waals surface area contributed by atoms with E-state index < -0.39 is 7.82 Å². The van der Waals surface area contributed by atoms with Gasteiger partial charge in [0.25, 0.3) is 0 Å². The summed E-state index contributed by atoms with van der Waals surface area (Å²) >= 11 is 0. The number of aryl methyl sites for hydroxylation is 1. The Labute approximate surface area is 148 Å². The van der Waals surface area contributed by atoms with Gasteiger partial charge in [0.2, 0.25) is 0 Å². The maximum absolute atomic E-state index is 12.4. The van der Waals surface area contributed by atoms with Crippen molar-refractivity contribution in [3.05, 3.63) is 46.7 Å². The van der Waals surface area contributed by atoms with Crippen LogP contribution < -0.4 is 4.52 Å². The summed E-state index contributed by atoms with van der Waals surface area (Å²) < 4.78 is 23.4. The lowest BCUT2D eigenvalue weighted by Crippen LogP contribution is -2.23. The smallest absolute Gasteiger partial charge is 0.395 e. The van der Waals surface area contributed by atoms with Gasteiger partial charge in [0.05, 0.1) is 0 Å². The van der Waals surface area contributed by atoms with Crippen LogP contribution in [0.5, 0.6) is 5.75 Å².